The monoisotopic (exact) mass is 318 g/mol. The number of carboxylic acids is 1. The molecule has 1 atom stereocenters. The molecule has 2 N–H and O–H groups in total. The predicted molar refractivity (Wildman–Crippen MR) is 76.7 cm³/mol. The van der Waals surface area contributed by atoms with Gasteiger partial charge in [-0.2, -0.15) is 4.37 Å². The molecule has 2 aliphatic rings. The summed E-state index contributed by atoms with van der Waals surface area (Å²) in [4.78, 5) is 23.9. The molecule has 1 aromatic carbocycles. The Morgan fingerprint density at radius 3 is 3.00 bits per heavy atom. The summed E-state index contributed by atoms with van der Waals surface area (Å²) in [5.74, 6) is -0.307. The Labute approximate surface area is 128 Å². The highest BCUT2D eigenvalue weighted by atomic mass is 32.1. The minimum Gasteiger partial charge on any atom is -0.476 e. The first-order valence-corrected chi connectivity index (χ1v) is 7.33. The SMILES string of the molecule is O=C1CC(c2ccc3c(c2)OCO3)c2snc(C(=O)O)c2N1. The smallest absolute Gasteiger partial charge is 0.357 e. The molecule has 0 fully saturated rings. The third-order valence-corrected chi connectivity index (χ3v) is 4.65. The van der Waals surface area contributed by atoms with Gasteiger partial charge in [0.2, 0.25) is 12.7 Å². The Kier molecular flexibility index (Phi) is 2.80. The number of nitrogens with one attached hydrogen (secondary N) is 1. The van der Waals surface area contributed by atoms with E-state index in [9.17, 15) is 9.59 Å². The highest BCUT2D eigenvalue weighted by Crippen LogP contribution is 2.44. The van der Waals surface area contributed by atoms with E-state index in [1.807, 2.05) is 12.1 Å². The lowest BCUT2D eigenvalue weighted by molar-refractivity contribution is -0.116. The van der Waals surface area contributed by atoms with Gasteiger partial charge in [-0.15, -0.1) is 0 Å². The molecule has 0 saturated carbocycles. The lowest BCUT2D eigenvalue weighted by Gasteiger charge is -2.22. The van der Waals surface area contributed by atoms with Crippen LogP contribution < -0.4 is 14.8 Å². The summed E-state index contributed by atoms with van der Waals surface area (Å²) in [6.07, 6.45) is 0.244. The van der Waals surface area contributed by atoms with Crippen LogP contribution in [0.5, 0.6) is 11.5 Å². The maximum atomic E-state index is 11.9. The van der Waals surface area contributed by atoms with E-state index >= 15 is 0 Å². The highest BCUT2D eigenvalue weighted by Gasteiger charge is 2.33. The van der Waals surface area contributed by atoms with Crippen LogP contribution in [-0.2, 0) is 4.79 Å². The van der Waals surface area contributed by atoms with Crippen molar-refractivity contribution < 1.29 is 24.2 Å². The van der Waals surface area contributed by atoms with Crippen molar-refractivity contribution in [3.8, 4) is 11.5 Å². The van der Waals surface area contributed by atoms with E-state index in [0.717, 1.165) is 22.0 Å². The number of aromatic nitrogens is 1. The molecule has 22 heavy (non-hydrogen) atoms. The number of carbonyl (C=O) groups is 2. The number of ether oxygens (including phenoxy) is 2. The van der Waals surface area contributed by atoms with E-state index in [0.29, 0.717) is 17.2 Å². The topological polar surface area (TPSA) is 97.8 Å². The normalized spacial score (nSPS) is 18.7. The minimum atomic E-state index is -1.15. The van der Waals surface area contributed by atoms with E-state index in [1.165, 1.54) is 0 Å². The van der Waals surface area contributed by atoms with Gasteiger partial charge >= 0.3 is 5.97 Å². The second-order valence-electron chi connectivity index (χ2n) is 4.99. The zero-order valence-corrected chi connectivity index (χ0v) is 12.0. The fourth-order valence-corrected chi connectivity index (χ4v) is 3.62. The number of carboxylic acid groups (broad SMARTS) is 1. The number of nitrogens with zero attached hydrogens (tertiary/aromatic N) is 1. The Balaban J connectivity index is 1.80. The van der Waals surface area contributed by atoms with Gasteiger partial charge in [-0.3, -0.25) is 4.79 Å². The molecular formula is C14H10N2O5S. The summed E-state index contributed by atoms with van der Waals surface area (Å²) in [6.45, 7) is 0.179. The summed E-state index contributed by atoms with van der Waals surface area (Å²) < 4.78 is 14.6. The van der Waals surface area contributed by atoms with Crippen LogP contribution in [0.3, 0.4) is 0 Å². The van der Waals surface area contributed by atoms with Crippen molar-refractivity contribution in [1.29, 1.82) is 0 Å². The van der Waals surface area contributed by atoms with Crippen molar-refractivity contribution in [1.82, 2.24) is 4.37 Å². The van der Waals surface area contributed by atoms with E-state index in [-0.39, 0.29) is 30.7 Å². The van der Waals surface area contributed by atoms with Gasteiger partial charge in [0.05, 0.1) is 10.6 Å². The fourth-order valence-electron chi connectivity index (χ4n) is 2.68. The third-order valence-electron chi connectivity index (χ3n) is 3.69. The molecule has 0 saturated heterocycles. The predicted octanol–water partition coefficient (Wildman–Crippen LogP) is 2.04. The number of hydrogen-bond acceptors (Lipinski definition) is 6. The molecule has 112 valence electrons. The van der Waals surface area contributed by atoms with Crippen LogP contribution in [0.4, 0.5) is 5.69 Å². The molecular weight excluding hydrogens is 308 g/mol. The van der Waals surface area contributed by atoms with Gasteiger partial charge in [-0.25, -0.2) is 4.79 Å². The average Bonchev–Trinajstić information content (AvgIpc) is 3.11. The number of benzene rings is 1. The Hall–Kier alpha value is -2.61. The molecule has 0 spiro atoms. The Bertz CT molecular complexity index is 801. The van der Waals surface area contributed by atoms with Crippen LogP contribution in [0, 0.1) is 0 Å². The maximum Gasteiger partial charge on any atom is 0.357 e. The van der Waals surface area contributed by atoms with Crippen molar-refractivity contribution in [2.24, 2.45) is 0 Å². The molecule has 0 bridgehead atoms. The van der Waals surface area contributed by atoms with Crippen LogP contribution in [0.25, 0.3) is 0 Å². The molecule has 4 rings (SSSR count). The number of amides is 1. The van der Waals surface area contributed by atoms with E-state index in [4.69, 9.17) is 14.6 Å². The number of aromatic carboxylic acids is 1. The van der Waals surface area contributed by atoms with E-state index in [1.54, 1.807) is 6.07 Å². The van der Waals surface area contributed by atoms with Crippen LogP contribution >= 0.6 is 11.5 Å². The Morgan fingerprint density at radius 1 is 1.36 bits per heavy atom. The second-order valence-corrected chi connectivity index (χ2v) is 5.80. The van der Waals surface area contributed by atoms with E-state index < -0.39 is 5.97 Å². The van der Waals surface area contributed by atoms with Crippen molar-refractivity contribution >= 4 is 29.1 Å². The van der Waals surface area contributed by atoms with Crippen LogP contribution in [0.15, 0.2) is 18.2 Å². The standard InChI is InChI=1S/C14H10N2O5S/c17-10-4-7(6-1-2-8-9(3-6)21-5-20-8)13-11(15-10)12(14(18)19)16-22-13/h1-3,7H,4-5H2,(H,15,17)(H,18,19). The van der Waals surface area contributed by atoms with Gasteiger partial charge in [0, 0.05) is 12.3 Å². The fraction of sp³-hybridized carbons (Fsp3) is 0.214. The molecule has 1 unspecified atom stereocenters. The van der Waals surface area contributed by atoms with Crippen LogP contribution in [0.1, 0.15) is 33.3 Å². The van der Waals surface area contributed by atoms with Crippen molar-refractivity contribution in [3.05, 3.63) is 34.3 Å². The number of rotatable bonds is 2. The molecule has 7 nitrogen and oxygen atoms in total. The molecule has 0 aliphatic carbocycles. The lowest BCUT2D eigenvalue weighted by atomic mass is 9.90. The van der Waals surface area contributed by atoms with Crippen LogP contribution in [0.2, 0.25) is 0 Å². The quantitative estimate of drug-likeness (QED) is 0.879. The molecule has 3 heterocycles. The zero-order valence-electron chi connectivity index (χ0n) is 11.2. The van der Waals surface area contributed by atoms with Gasteiger partial charge in [-0.1, -0.05) is 6.07 Å². The summed E-state index contributed by atoms with van der Waals surface area (Å²) >= 11 is 1.10. The number of carbonyl (C=O) groups excluding carboxylic acids is 1. The molecule has 0 radical (unpaired) electrons. The number of anilines is 1. The first kappa shape index (κ1) is 13.1. The largest absolute Gasteiger partial charge is 0.476 e. The van der Waals surface area contributed by atoms with Gasteiger partial charge in [-0.05, 0) is 29.2 Å². The summed E-state index contributed by atoms with van der Waals surface area (Å²) in [5, 5.41) is 11.8. The zero-order chi connectivity index (χ0) is 15.3. The highest BCUT2D eigenvalue weighted by molar-refractivity contribution is 7.06. The molecule has 1 aromatic heterocycles. The minimum absolute atomic E-state index is 0.112. The van der Waals surface area contributed by atoms with Gasteiger partial charge in [0.25, 0.3) is 0 Å². The third kappa shape index (κ3) is 1.92. The Morgan fingerprint density at radius 2 is 2.18 bits per heavy atom. The first-order valence-electron chi connectivity index (χ1n) is 6.55. The van der Waals surface area contributed by atoms with Crippen molar-refractivity contribution in [2.75, 3.05) is 12.1 Å². The molecule has 2 aromatic rings. The van der Waals surface area contributed by atoms with Crippen molar-refractivity contribution in [2.45, 2.75) is 12.3 Å². The maximum absolute atomic E-state index is 11.9. The lowest BCUT2D eigenvalue weighted by Crippen LogP contribution is -2.23. The van der Waals surface area contributed by atoms with E-state index in [2.05, 4.69) is 9.69 Å². The number of hydrogen-bond donors (Lipinski definition) is 2. The molecule has 8 heteroatoms. The molecule has 1 amide bonds. The van der Waals surface area contributed by atoms with Crippen LogP contribution in [-0.4, -0.2) is 28.1 Å². The average molecular weight is 318 g/mol. The summed E-state index contributed by atoms with van der Waals surface area (Å²) in [7, 11) is 0. The number of fused-ring (bicyclic) bond motifs is 2. The first-order chi connectivity index (χ1) is 10.6. The summed E-state index contributed by atoms with van der Waals surface area (Å²) in [5.41, 5.74) is 1.07. The summed E-state index contributed by atoms with van der Waals surface area (Å²) in [6, 6.07) is 5.49. The van der Waals surface area contributed by atoms with Gasteiger partial charge in [0.1, 0.15) is 0 Å². The second kappa shape index (κ2) is 4.70. The van der Waals surface area contributed by atoms with Crippen molar-refractivity contribution in [3.63, 3.8) is 0 Å². The molecule has 2 aliphatic heterocycles. The van der Waals surface area contributed by atoms with Gasteiger partial charge in [0.15, 0.2) is 17.2 Å². The van der Waals surface area contributed by atoms with Gasteiger partial charge < -0.3 is 19.9 Å².